The first-order valence-electron chi connectivity index (χ1n) is 5.10. The fourth-order valence-electron chi connectivity index (χ4n) is 2.64. The monoisotopic (exact) mass is 183 g/mol. The molecule has 2 aliphatic rings. The molecule has 0 radical (unpaired) electrons. The van der Waals surface area contributed by atoms with Gasteiger partial charge >= 0.3 is 0 Å². The Morgan fingerprint density at radius 3 is 3.00 bits per heavy atom. The van der Waals surface area contributed by atoms with Crippen LogP contribution in [0.5, 0.6) is 0 Å². The summed E-state index contributed by atoms with van der Waals surface area (Å²) in [5, 5.41) is 0. The van der Waals surface area contributed by atoms with Crippen molar-refractivity contribution in [3.05, 3.63) is 0 Å². The Hall–Kier alpha value is -0.410. The van der Waals surface area contributed by atoms with E-state index in [1.807, 2.05) is 0 Å². The van der Waals surface area contributed by atoms with Gasteiger partial charge in [0, 0.05) is 19.1 Å². The SMILES string of the molecule is CCN1CC2CCOC2C1C(C)=O. The van der Waals surface area contributed by atoms with E-state index < -0.39 is 0 Å². The van der Waals surface area contributed by atoms with Crippen LogP contribution < -0.4 is 0 Å². The van der Waals surface area contributed by atoms with Gasteiger partial charge in [-0.15, -0.1) is 0 Å². The molecule has 0 aliphatic carbocycles. The first-order valence-corrected chi connectivity index (χ1v) is 5.10. The van der Waals surface area contributed by atoms with Gasteiger partial charge in [0.15, 0.2) is 0 Å². The van der Waals surface area contributed by atoms with Gasteiger partial charge < -0.3 is 4.74 Å². The van der Waals surface area contributed by atoms with Crippen LogP contribution in [0.25, 0.3) is 0 Å². The number of rotatable bonds is 2. The maximum atomic E-state index is 11.4. The molecule has 2 aliphatic heterocycles. The lowest BCUT2D eigenvalue weighted by atomic mass is 10.00. The molecule has 3 atom stereocenters. The average Bonchev–Trinajstić information content (AvgIpc) is 2.59. The van der Waals surface area contributed by atoms with Crippen molar-refractivity contribution in [2.24, 2.45) is 5.92 Å². The molecule has 0 amide bonds. The normalized spacial score (nSPS) is 39.4. The number of likely N-dealkylation sites (N-methyl/N-ethyl adjacent to an activating group) is 1. The lowest BCUT2D eigenvalue weighted by molar-refractivity contribution is -0.124. The summed E-state index contributed by atoms with van der Waals surface area (Å²) in [5.41, 5.74) is 0. The summed E-state index contributed by atoms with van der Waals surface area (Å²) in [6.07, 6.45) is 1.32. The van der Waals surface area contributed by atoms with E-state index in [2.05, 4.69) is 11.8 Å². The molecule has 3 heteroatoms. The van der Waals surface area contributed by atoms with Crippen molar-refractivity contribution in [2.75, 3.05) is 19.7 Å². The van der Waals surface area contributed by atoms with E-state index in [1.165, 1.54) is 0 Å². The fraction of sp³-hybridized carbons (Fsp3) is 0.900. The largest absolute Gasteiger partial charge is 0.376 e. The Balaban J connectivity index is 2.14. The molecule has 2 fully saturated rings. The molecule has 0 aromatic carbocycles. The molecule has 0 N–H and O–H groups in total. The van der Waals surface area contributed by atoms with Crippen LogP contribution in [0.2, 0.25) is 0 Å². The summed E-state index contributed by atoms with van der Waals surface area (Å²) in [7, 11) is 0. The van der Waals surface area contributed by atoms with Gasteiger partial charge in [-0.1, -0.05) is 6.92 Å². The van der Waals surface area contributed by atoms with Crippen LogP contribution in [0, 0.1) is 5.92 Å². The number of nitrogens with zero attached hydrogens (tertiary/aromatic N) is 1. The first kappa shape index (κ1) is 9.16. The van der Waals surface area contributed by atoms with E-state index in [1.54, 1.807) is 6.92 Å². The van der Waals surface area contributed by atoms with Crippen LogP contribution >= 0.6 is 0 Å². The molecule has 0 aromatic heterocycles. The quantitative estimate of drug-likeness (QED) is 0.630. The van der Waals surface area contributed by atoms with Crippen LogP contribution in [-0.2, 0) is 9.53 Å². The fourth-order valence-corrected chi connectivity index (χ4v) is 2.64. The minimum absolute atomic E-state index is 0.0394. The van der Waals surface area contributed by atoms with E-state index in [0.717, 1.165) is 26.1 Å². The third kappa shape index (κ3) is 1.40. The molecule has 3 unspecified atom stereocenters. The summed E-state index contributed by atoms with van der Waals surface area (Å²) in [5.74, 6) is 0.866. The Morgan fingerprint density at radius 1 is 1.62 bits per heavy atom. The molecule has 3 nitrogen and oxygen atoms in total. The lowest BCUT2D eigenvalue weighted by Crippen LogP contribution is -2.41. The van der Waals surface area contributed by atoms with Crippen molar-refractivity contribution < 1.29 is 9.53 Å². The van der Waals surface area contributed by atoms with E-state index in [9.17, 15) is 4.79 Å². The second kappa shape index (κ2) is 3.39. The maximum Gasteiger partial charge on any atom is 0.149 e. The van der Waals surface area contributed by atoms with Crippen LogP contribution in [0.15, 0.2) is 0 Å². The zero-order valence-corrected chi connectivity index (χ0v) is 8.32. The zero-order valence-electron chi connectivity index (χ0n) is 8.32. The highest BCUT2D eigenvalue weighted by molar-refractivity contribution is 5.82. The molecular formula is C10H17NO2. The van der Waals surface area contributed by atoms with Crippen molar-refractivity contribution in [1.82, 2.24) is 4.90 Å². The first-order chi connectivity index (χ1) is 6.24. The summed E-state index contributed by atoms with van der Waals surface area (Å²) in [6, 6.07) is 0.0394. The molecule has 0 saturated carbocycles. The van der Waals surface area contributed by atoms with Crippen LogP contribution in [0.4, 0.5) is 0 Å². The number of carbonyl (C=O) groups is 1. The predicted molar refractivity (Wildman–Crippen MR) is 49.6 cm³/mol. The summed E-state index contributed by atoms with van der Waals surface area (Å²) < 4.78 is 5.62. The van der Waals surface area contributed by atoms with Crippen molar-refractivity contribution >= 4 is 5.78 Å². The van der Waals surface area contributed by atoms with Gasteiger partial charge in [0.1, 0.15) is 5.78 Å². The summed E-state index contributed by atoms with van der Waals surface area (Å²) in [6.45, 7) is 6.64. The highest BCUT2D eigenvalue weighted by Gasteiger charge is 2.46. The number of Topliss-reactive ketones (excluding diaryl/α,β-unsaturated/α-hetero) is 1. The van der Waals surface area contributed by atoms with Gasteiger partial charge in [-0.05, 0) is 19.9 Å². The molecule has 0 bridgehead atoms. The lowest BCUT2D eigenvalue weighted by Gasteiger charge is -2.23. The number of carbonyl (C=O) groups excluding carboxylic acids is 1. The molecule has 2 rings (SSSR count). The molecule has 2 heterocycles. The van der Waals surface area contributed by atoms with Gasteiger partial charge in [0.25, 0.3) is 0 Å². The number of ketones is 1. The van der Waals surface area contributed by atoms with Crippen molar-refractivity contribution in [1.29, 1.82) is 0 Å². The molecule has 0 spiro atoms. The topological polar surface area (TPSA) is 29.5 Å². The highest BCUT2D eigenvalue weighted by Crippen LogP contribution is 2.33. The van der Waals surface area contributed by atoms with E-state index in [4.69, 9.17) is 4.74 Å². The highest BCUT2D eigenvalue weighted by atomic mass is 16.5. The van der Waals surface area contributed by atoms with Gasteiger partial charge in [0.05, 0.1) is 12.1 Å². The number of hydrogen-bond acceptors (Lipinski definition) is 3. The van der Waals surface area contributed by atoms with Gasteiger partial charge in [-0.25, -0.2) is 0 Å². The zero-order chi connectivity index (χ0) is 9.42. The Bertz CT molecular complexity index is 217. The smallest absolute Gasteiger partial charge is 0.149 e. The van der Waals surface area contributed by atoms with Crippen LogP contribution in [0.3, 0.4) is 0 Å². The number of hydrogen-bond donors (Lipinski definition) is 0. The van der Waals surface area contributed by atoms with Gasteiger partial charge in [0.2, 0.25) is 0 Å². The Kier molecular flexibility index (Phi) is 2.39. The standard InChI is InChI=1S/C10H17NO2/c1-3-11-6-8-4-5-13-10(8)9(11)7(2)12/h8-10H,3-6H2,1-2H3. The summed E-state index contributed by atoms with van der Waals surface area (Å²) in [4.78, 5) is 13.7. The molecule has 0 aromatic rings. The third-order valence-electron chi connectivity index (χ3n) is 3.26. The number of likely N-dealkylation sites (tertiary alicyclic amines) is 1. The van der Waals surface area contributed by atoms with Crippen LogP contribution in [0.1, 0.15) is 20.3 Å². The van der Waals surface area contributed by atoms with Crippen LogP contribution in [-0.4, -0.2) is 42.5 Å². The van der Waals surface area contributed by atoms with E-state index >= 15 is 0 Å². The molecule has 2 saturated heterocycles. The maximum absolute atomic E-state index is 11.4. The molecule has 74 valence electrons. The van der Waals surface area contributed by atoms with Crippen molar-refractivity contribution in [3.8, 4) is 0 Å². The molecular weight excluding hydrogens is 166 g/mol. The second-order valence-electron chi connectivity index (χ2n) is 4.03. The second-order valence-corrected chi connectivity index (χ2v) is 4.03. The number of ether oxygens (including phenoxy) is 1. The predicted octanol–water partition coefficient (Wildman–Crippen LogP) is 0.685. The van der Waals surface area contributed by atoms with Gasteiger partial charge in [-0.3, -0.25) is 9.69 Å². The Morgan fingerprint density at radius 2 is 2.38 bits per heavy atom. The number of fused-ring (bicyclic) bond motifs is 1. The minimum Gasteiger partial charge on any atom is -0.376 e. The minimum atomic E-state index is 0.0394. The van der Waals surface area contributed by atoms with E-state index in [-0.39, 0.29) is 17.9 Å². The average molecular weight is 183 g/mol. The molecule has 13 heavy (non-hydrogen) atoms. The van der Waals surface area contributed by atoms with Gasteiger partial charge in [-0.2, -0.15) is 0 Å². The third-order valence-corrected chi connectivity index (χ3v) is 3.26. The Labute approximate surface area is 79.0 Å². The summed E-state index contributed by atoms with van der Waals surface area (Å²) >= 11 is 0. The van der Waals surface area contributed by atoms with Crippen molar-refractivity contribution in [2.45, 2.75) is 32.4 Å². The van der Waals surface area contributed by atoms with Crippen molar-refractivity contribution in [3.63, 3.8) is 0 Å². The van der Waals surface area contributed by atoms with E-state index in [0.29, 0.717) is 5.92 Å².